The molecule has 1 aromatic carbocycles. The largest absolute Gasteiger partial charge is 0.390 e. The minimum Gasteiger partial charge on any atom is -0.390 e. The van der Waals surface area contributed by atoms with Crippen LogP contribution in [0.15, 0.2) is 148 Å². The van der Waals surface area contributed by atoms with Gasteiger partial charge in [0.25, 0.3) is 0 Å². The first kappa shape index (κ1) is 84.1. The third-order valence-corrected chi connectivity index (χ3v) is 30.9. The quantitative estimate of drug-likeness (QED) is 0.0648. The van der Waals surface area contributed by atoms with Crippen LogP contribution in [-0.2, 0) is 18.9 Å². The molecule has 15 aromatic heterocycles. The van der Waals surface area contributed by atoms with Crippen LogP contribution in [0.25, 0.3) is 71.3 Å². The van der Waals surface area contributed by atoms with Crippen molar-refractivity contribution in [3.63, 3.8) is 0 Å². The van der Waals surface area contributed by atoms with E-state index in [1.807, 2.05) is 146 Å². The van der Waals surface area contributed by atoms with Crippen LogP contribution in [-0.4, -0.2) is 214 Å². The molecule has 32 nitrogen and oxygen atoms in total. The number of aryl methyl sites for hydroxylation is 8. The molecule has 0 unspecified atom stereocenters. The molecule has 9 N–H and O–H groups in total. The molecule has 0 amide bonds. The SMILES string of the molecule is CNc1nc2cc([C@H]3C[C@@]4(CO3)C[C@@H](n3ccc5c(C)ncnc53)[C@H](O)[C@@H]4O)ccc2s1.Cc1nc2cc([C@H]3C[C@@]4(CO3)C[C@@H](n3ccc5c(C)ncnc53)[C@H](O)[C@@H]4O)ccn2c1C.Cc1ncnc2c1ccn2[C@@H]1C[C@@]2(CO[C@@H](c3cc4ncc(C)n4cc3Cl)C2)[C@@H](O)[C@H]1O.Cc1ncnc2c1ccn2[C@@H]1C[C@@]2(CO[C@@H](c3cc4ncc(C)n4cc3F)C2)[C@@H](O)[C@H]1O. The predicted molar refractivity (Wildman–Crippen MR) is 473 cm³/mol. The first-order valence-corrected chi connectivity index (χ1v) is 44.7. The van der Waals surface area contributed by atoms with Gasteiger partial charge in [0.15, 0.2) is 5.13 Å². The van der Waals surface area contributed by atoms with Crippen molar-refractivity contribution in [1.82, 2.24) is 91.3 Å². The summed E-state index contributed by atoms with van der Waals surface area (Å²) in [5.74, 6) is -0.367. The van der Waals surface area contributed by atoms with Gasteiger partial charge in [-0.2, -0.15) is 0 Å². The number of nitrogens with one attached hydrogen (secondary N) is 1. The highest BCUT2D eigenvalue weighted by molar-refractivity contribution is 7.22. The van der Waals surface area contributed by atoms with E-state index in [-0.39, 0.29) is 54.9 Å². The van der Waals surface area contributed by atoms with Crippen LogP contribution in [0.5, 0.6) is 0 Å². The third kappa shape index (κ3) is 13.7. The summed E-state index contributed by atoms with van der Waals surface area (Å²) in [4.78, 5) is 52.7. The molecule has 16 aromatic rings. The van der Waals surface area contributed by atoms with Crippen molar-refractivity contribution in [3.8, 4) is 0 Å². The Labute approximate surface area is 741 Å². The Bertz CT molecular complexity index is 6800. The molecule has 8 aliphatic rings. The van der Waals surface area contributed by atoms with Gasteiger partial charge in [0.1, 0.15) is 95.1 Å². The van der Waals surface area contributed by atoms with Crippen molar-refractivity contribution in [2.45, 2.75) is 204 Å². The third-order valence-electron chi connectivity index (χ3n) is 29.6. The van der Waals surface area contributed by atoms with Crippen molar-refractivity contribution in [2.75, 3.05) is 38.8 Å². The second-order valence-corrected chi connectivity index (χ2v) is 38.3. The van der Waals surface area contributed by atoms with Crippen LogP contribution in [0.4, 0.5) is 9.52 Å². The molecule has 35 heteroatoms. The summed E-state index contributed by atoms with van der Waals surface area (Å²) in [6.45, 7) is 17.1. The van der Waals surface area contributed by atoms with Crippen molar-refractivity contribution in [2.24, 2.45) is 21.7 Å². The van der Waals surface area contributed by atoms with E-state index in [1.165, 1.54) is 18.9 Å². The molecule has 4 saturated carbocycles. The van der Waals surface area contributed by atoms with Crippen molar-refractivity contribution in [1.29, 1.82) is 0 Å². The second kappa shape index (κ2) is 31.8. The maximum atomic E-state index is 14.9. The molecule has 4 aliphatic heterocycles. The first-order valence-electron chi connectivity index (χ1n) is 43.5. The zero-order valence-electron chi connectivity index (χ0n) is 72.0. The average molecular weight is 1780 g/mol. The number of anilines is 1. The summed E-state index contributed by atoms with van der Waals surface area (Å²) in [7, 11) is 1.87. The number of aromatic nitrogens is 19. The Hall–Kier alpha value is -10.8. The van der Waals surface area contributed by atoms with E-state index >= 15 is 0 Å². The number of halogens is 2. The molecule has 664 valence electrons. The number of imidazole rings is 3. The van der Waals surface area contributed by atoms with Crippen molar-refractivity contribution < 1.29 is 64.2 Å². The molecule has 24 rings (SSSR count). The number of thiazole rings is 1. The fraction of sp³-hybridized carbons (Fsp3) is 0.441. The minimum absolute atomic E-state index is 0.134. The van der Waals surface area contributed by atoms with Crippen LogP contribution < -0.4 is 5.32 Å². The average Bonchev–Trinajstić information content (AvgIpc) is 1.58. The normalized spacial score (nSPS) is 30.2. The lowest BCUT2D eigenvalue weighted by Gasteiger charge is -2.26. The standard InChI is InChI=1S/C24H27N5O3.C23H24ClN5O3.C23H24FN5O3.C23H25N5O3S/c1-13-15(3)28-6-4-16(8-20(28)27-13)19-10-24(11-32-19)9-18(21(30)22(24)31)29-7-5-17-14(2)25-12-26-23(17)29;2*1-12-8-25-19-5-15(16(24)9-29(12)19)18-7-23(10-32-18)6-17(20(30)21(23)31)28-4-3-14-13(2)26-11-27-22(14)28;1-12-14-5-6-28(21(14)26-11-25-12)16-8-23(20(30)19(16)29)9-17(31-10-23)13-3-4-18-15(7-13)27-22(24-2)32-18/h4-8,12,18-19,21-22,30-31H,9-11H2,1-3H3;2*3-5,8-9,11,17-18,20-21,30-31H,6-7,10H2,1-2H3;3-7,11,16-17,19-20,29-30H,8-10H2,1-2H3,(H,24,27)/t18-,19-,21+,22+,24-;2*17-,18-,20+,21+,23-;16-,17-,19+,20+,23-/m1111/s1. The number of pyridine rings is 3. The number of hydrogen-bond donors (Lipinski definition) is 9. The molecule has 4 aliphatic carbocycles. The number of hydrogen-bond acceptors (Lipinski definition) is 26. The predicted octanol–water partition coefficient (Wildman–Crippen LogP) is 11.8. The molecule has 19 heterocycles. The van der Waals surface area contributed by atoms with Gasteiger partial charge < -0.3 is 96.6 Å². The summed E-state index contributed by atoms with van der Waals surface area (Å²) >= 11 is 8.22. The monoisotopic (exact) mass is 1770 g/mol. The van der Waals surface area contributed by atoms with E-state index in [1.54, 1.807) is 46.9 Å². The Kier molecular flexibility index (Phi) is 20.9. The summed E-state index contributed by atoms with van der Waals surface area (Å²) in [5.41, 5.74) is 15.1. The van der Waals surface area contributed by atoms with Gasteiger partial charge in [-0.3, -0.25) is 0 Å². The minimum atomic E-state index is -0.988. The highest BCUT2D eigenvalue weighted by Gasteiger charge is 2.62. The van der Waals surface area contributed by atoms with Crippen LogP contribution in [0.2, 0.25) is 5.02 Å². The van der Waals surface area contributed by atoms with Crippen LogP contribution in [0.3, 0.4) is 0 Å². The lowest BCUT2D eigenvalue weighted by atomic mass is 9.80. The Morgan fingerprint density at radius 3 is 1.21 bits per heavy atom. The smallest absolute Gasteiger partial charge is 0.183 e. The maximum Gasteiger partial charge on any atom is 0.183 e. The van der Waals surface area contributed by atoms with Crippen molar-refractivity contribution >= 4 is 99.4 Å². The van der Waals surface area contributed by atoms with Gasteiger partial charge >= 0.3 is 0 Å². The number of benzene rings is 1. The summed E-state index contributed by atoms with van der Waals surface area (Å²) in [6, 6.07) is 20.7. The van der Waals surface area contributed by atoms with Gasteiger partial charge in [-0.05, 0) is 179 Å². The van der Waals surface area contributed by atoms with E-state index in [2.05, 4.69) is 107 Å². The van der Waals surface area contributed by atoms with Gasteiger partial charge in [-0.25, -0.2) is 64.2 Å². The fourth-order valence-electron chi connectivity index (χ4n) is 22.2. The van der Waals surface area contributed by atoms with Crippen molar-refractivity contribution in [3.05, 3.63) is 226 Å². The van der Waals surface area contributed by atoms with E-state index in [0.717, 1.165) is 133 Å². The first-order chi connectivity index (χ1) is 61.6. The molecule has 4 saturated heterocycles. The Balaban J connectivity index is 0.000000104. The number of aliphatic hydroxyl groups excluding tert-OH is 8. The molecule has 0 bridgehead atoms. The van der Waals surface area contributed by atoms with Gasteiger partial charge in [-0.15, -0.1) is 0 Å². The van der Waals surface area contributed by atoms with E-state index in [0.29, 0.717) is 87.4 Å². The van der Waals surface area contributed by atoms with Gasteiger partial charge in [0, 0.05) is 134 Å². The zero-order valence-corrected chi connectivity index (χ0v) is 73.5. The highest BCUT2D eigenvalue weighted by atomic mass is 35.5. The molecule has 128 heavy (non-hydrogen) atoms. The van der Waals surface area contributed by atoms with Crippen LogP contribution >= 0.6 is 22.9 Å². The molecule has 8 fully saturated rings. The van der Waals surface area contributed by atoms with Gasteiger partial charge in [0.05, 0.1) is 143 Å². The highest BCUT2D eigenvalue weighted by Crippen LogP contribution is 2.60. The summed E-state index contributed by atoms with van der Waals surface area (Å²) in [6.07, 6.45) is 18.9. The van der Waals surface area contributed by atoms with Gasteiger partial charge in [0.2, 0.25) is 0 Å². The van der Waals surface area contributed by atoms with E-state index in [4.69, 9.17) is 30.5 Å². The summed E-state index contributed by atoms with van der Waals surface area (Å²) in [5, 5.41) is 96.9. The zero-order chi connectivity index (χ0) is 88.6. The number of aliphatic hydroxyl groups is 8. The molecule has 4 spiro atoms. The number of ether oxygens (including phenoxy) is 4. The fourth-order valence-corrected chi connectivity index (χ4v) is 23.3. The molecular formula is C93H100ClFN20O12S. The van der Waals surface area contributed by atoms with E-state index < -0.39 is 76.6 Å². The molecule has 0 radical (unpaired) electrons. The maximum absolute atomic E-state index is 14.9. The molecular weight excluding hydrogens is 1680 g/mol. The van der Waals surface area contributed by atoms with E-state index in [9.17, 15) is 45.2 Å². The summed E-state index contributed by atoms with van der Waals surface area (Å²) < 4.78 is 54.3. The van der Waals surface area contributed by atoms with Gasteiger partial charge in [-0.1, -0.05) is 29.0 Å². The Morgan fingerprint density at radius 2 is 0.789 bits per heavy atom. The second-order valence-electron chi connectivity index (χ2n) is 36.8. The molecule has 20 atom stereocenters. The number of nitrogens with zero attached hydrogens (tertiary/aromatic N) is 19. The Morgan fingerprint density at radius 1 is 0.406 bits per heavy atom. The lowest BCUT2D eigenvalue weighted by molar-refractivity contribution is -0.0309. The van der Waals surface area contributed by atoms with Crippen LogP contribution in [0.1, 0.15) is 168 Å². The number of rotatable bonds is 9. The number of fused-ring (bicyclic) bond motifs is 8. The topological polar surface area (TPSA) is 398 Å². The van der Waals surface area contributed by atoms with Crippen LogP contribution in [0, 0.1) is 82.9 Å². The lowest BCUT2D eigenvalue weighted by Crippen LogP contribution is -2.37.